The maximum absolute atomic E-state index is 13.4. The Morgan fingerprint density at radius 3 is 2.24 bits per heavy atom. The quantitative estimate of drug-likeness (QED) is 0.591. The molecular formula is C22H21F2N5O3S. The van der Waals surface area contributed by atoms with Crippen LogP contribution in [0.4, 0.5) is 20.4 Å². The molecule has 3 aromatic rings. The first kappa shape index (κ1) is 22.6. The fraction of sp³-hybridized carbons (Fsp3) is 0.227. The summed E-state index contributed by atoms with van der Waals surface area (Å²) in [4.78, 5) is 24.5. The van der Waals surface area contributed by atoms with Crippen molar-refractivity contribution in [2.75, 3.05) is 35.8 Å². The van der Waals surface area contributed by atoms with E-state index in [0.29, 0.717) is 38.2 Å². The fourth-order valence-corrected chi connectivity index (χ4v) is 4.52. The second-order valence-corrected chi connectivity index (χ2v) is 9.15. The van der Waals surface area contributed by atoms with Gasteiger partial charge in [-0.05, 0) is 42.0 Å². The average molecular weight is 474 g/mol. The number of carbonyl (C=O) groups is 1. The predicted octanol–water partition coefficient (Wildman–Crippen LogP) is 2.45. The highest BCUT2D eigenvalue weighted by molar-refractivity contribution is 7.92. The molecule has 2 heterocycles. The number of piperazine rings is 1. The Kier molecular flexibility index (Phi) is 6.50. The van der Waals surface area contributed by atoms with E-state index < -0.39 is 21.7 Å². The number of hydrogen-bond donors (Lipinski definition) is 1. The Morgan fingerprint density at radius 1 is 0.939 bits per heavy atom. The van der Waals surface area contributed by atoms with Crippen LogP contribution in [0.3, 0.4) is 0 Å². The van der Waals surface area contributed by atoms with Crippen LogP contribution < -0.4 is 9.62 Å². The molecule has 11 heteroatoms. The summed E-state index contributed by atoms with van der Waals surface area (Å²) in [5.41, 5.74) is 0.969. The highest BCUT2D eigenvalue weighted by Crippen LogP contribution is 2.19. The van der Waals surface area contributed by atoms with Crippen molar-refractivity contribution < 1.29 is 22.0 Å². The summed E-state index contributed by atoms with van der Waals surface area (Å²) in [5, 5.41) is 0. The SMILES string of the molecule is O=C(Cc1ccc(NS(=O)(=O)c2ccc(F)c(F)c2)cc1)N1CCN(c2ncccn2)CC1. The fourth-order valence-electron chi connectivity index (χ4n) is 3.45. The summed E-state index contributed by atoms with van der Waals surface area (Å²) in [6.45, 7) is 2.40. The zero-order chi connectivity index (χ0) is 23.4. The summed E-state index contributed by atoms with van der Waals surface area (Å²) in [6.07, 6.45) is 3.54. The number of halogens is 2. The van der Waals surface area contributed by atoms with E-state index in [9.17, 15) is 22.0 Å². The van der Waals surface area contributed by atoms with Gasteiger partial charge in [-0.1, -0.05) is 12.1 Å². The zero-order valence-electron chi connectivity index (χ0n) is 17.5. The second-order valence-electron chi connectivity index (χ2n) is 7.47. The van der Waals surface area contributed by atoms with Crippen LogP contribution >= 0.6 is 0 Å². The molecule has 2 aromatic carbocycles. The monoisotopic (exact) mass is 473 g/mol. The molecule has 0 spiro atoms. The number of carbonyl (C=O) groups excluding carboxylic acids is 1. The third kappa shape index (κ3) is 5.43. The first-order chi connectivity index (χ1) is 15.8. The molecule has 1 saturated heterocycles. The molecule has 1 aliphatic heterocycles. The van der Waals surface area contributed by atoms with E-state index >= 15 is 0 Å². The molecule has 0 aliphatic carbocycles. The van der Waals surface area contributed by atoms with E-state index in [-0.39, 0.29) is 22.9 Å². The molecule has 1 fully saturated rings. The number of anilines is 2. The lowest BCUT2D eigenvalue weighted by atomic mass is 10.1. The molecule has 172 valence electrons. The standard InChI is InChI=1S/C22H21F2N5O3S/c23-19-7-6-18(15-20(19)24)33(31,32)27-17-4-2-16(3-5-17)14-21(30)28-10-12-29(13-11-28)22-25-8-1-9-26-22/h1-9,15,27H,10-14H2. The maximum Gasteiger partial charge on any atom is 0.261 e. The lowest BCUT2D eigenvalue weighted by Crippen LogP contribution is -2.49. The molecule has 0 atom stereocenters. The smallest absolute Gasteiger partial charge is 0.261 e. The van der Waals surface area contributed by atoms with Crippen molar-refractivity contribution in [3.05, 3.63) is 78.1 Å². The number of aromatic nitrogens is 2. The Labute approximate surface area is 189 Å². The van der Waals surface area contributed by atoms with Crippen molar-refractivity contribution in [2.24, 2.45) is 0 Å². The lowest BCUT2D eigenvalue weighted by molar-refractivity contribution is -0.130. The molecule has 4 rings (SSSR count). The molecule has 0 bridgehead atoms. The molecule has 0 saturated carbocycles. The maximum atomic E-state index is 13.4. The van der Waals surface area contributed by atoms with Crippen molar-refractivity contribution in [1.29, 1.82) is 0 Å². The van der Waals surface area contributed by atoms with Crippen LogP contribution in [0.15, 0.2) is 65.8 Å². The van der Waals surface area contributed by atoms with Crippen molar-refractivity contribution in [2.45, 2.75) is 11.3 Å². The number of sulfonamides is 1. The summed E-state index contributed by atoms with van der Waals surface area (Å²) < 4.78 is 53.5. The lowest BCUT2D eigenvalue weighted by Gasteiger charge is -2.34. The van der Waals surface area contributed by atoms with Gasteiger partial charge < -0.3 is 9.80 Å². The van der Waals surface area contributed by atoms with Crippen LogP contribution in [-0.4, -0.2) is 55.4 Å². The molecule has 1 aromatic heterocycles. The topological polar surface area (TPSA) is 95.5 Å². The first-order valence-electron chi connectivity index (χ1n) is 10.2. The van der Waals surface area contributed by atoms with Crippen LogP contribution in [0.25, 0.3) is 0 Å². The van der Waals surface area contributed by atoms with Gasteiger partial charge in [-0.15, -0.1) is 0 Å². The van der Waals surface area contributed by atoms with Gasteiger partial charge in [0.15, 0.2) is 11.6 Å². The molecule has 0 radical (unpaired) electrons. The molecule has 33 heavy (non-hydrogen) atoms. The summed E-state index contributed by atoms with van der Waals surface area (Å²) in [7, 11) is -4.08. The van der Waals surface area contributed by atoms with Gasteiger partial charge in [-0.25, -0.2) is 27.2 Å². The zero-order valence-corrected chi connectivity index (χ0v) is 18.3. The number of amides is 1. The van der Waals surface area contributed by atoms with E-state index in [4.69, 9.17) is 0 Å². The van der Waals surface area contributed by atoms with Gasteiger partial charge in [0, 0.05) is 44.3 Å². The van der Waals surface area contributed by atoms with Crippen molar-refractivity contribution in [3.63, 3.8) is 0 Å². The highest BCUT2D eigenvalue weighted by Gasteiger charge is 2.22. The van der Waals surface area contributed by atoms with Gasteiger partial charge >= 0.3 is 0 Å². The largest absolute Gasteiger partial charge is 0.339 e. The van der Waals surface area contributed by atoms with E-state index in [1.54, 1.807) is 35.5 Å². The van der Waals surface area contributed by atoms with Gasteiger partial charge in [0.1, 0.15) is 0 Å². The first-order valence-corrected chi connectivity index (χ1v) is 11.7. The van der Waals surface area contributed by atoms with Crippen molar-refractivity contribution in [3.8, 4) is 0 Å². The summed E-state index contributed by atoms with van der Waals surface area (Å²) >= 11 is 0. The molecule has 1 N–H and O–H groups in total. The Balaban J connectivity index is 1.33. The van der Waals surface area contributed by atoms with E-state index in [2.05, 4.69) is 14.7 Å². The number of nitrogens with one attached hydrogen (secondary N) is 1. The number of rotatable bonds is 6. The average Bonchev–Trinajstić information content (AvgIpc) is 2.82. The molecule has 0 unspecified atom stereocenters. The Morgan fingerprint density at radius 2 is 1.61 bits per heavy atom. The van der Waals surface area contributed by atoms with Gasteiger partial charge in [0.2, 0.25) is 11.9 Å². The van der Waals surface area contributed by atoms with Crippen LogP contribution in [-0.2, 0) is 21.2 Å². The van der Waals surface area contributed by atoms with Crippen LogP contribution in [0.1, 0.15) is 5.56 Å². The van der Waals surface area contributed by atoms with Crippen LogP contribution in [0.2, 0.25) is 0 Å². The third-order valence-corrected chi connectivity index (χ3v) is 6.61. The minimum atomic E-state index is -4.08. The van der Waals surface area contributed by atoms with E-state index in [1.807, 2.05) is 4.90 Å². The van der Waals surface area contributed by atoms with Crippen LogP contribution in [0.5, 0.6) is 0 Å². The van der Waals surface area contributed by atoms with E-state index in [0.717, 1.165) is 17.7 Å². The summed E-state index contributed by atoms with van der Waals surface area (Å²) in [5.74, 6) is -1.76. The molecule has 1 aliphatic rings. The highest BCUT2D eigenvalue weighted by atomic mass is 32.2. The van der Waals surface area contributed by atoms with Gasteiger partial charge in [-0.2, -0.15) is 0 Å². The van der Waals surface area contributed by atoms with Crippen molar-refractivity contribution in [1.82, 2.24) is 14.9 Å². The molecule has 8 nitrogen and oxygen atoms in total. The normalized spacial score (nSPS) is 14.2. The van der Waals surface area contributed by atoms with Crippen molar-refractivity contribution >= 4 is 27.6 Å². The predicted molar refractivity (Wildman–Crippen MR) is 118 cm³/mol. The van der Waals surface area contributed by atoms with E-state index in [1.165, 1.54) is 12.1 Å². The van der Waals surface area contributed by atoms with Gasteiger partial charge in [0.05, 0.1) is 11.3 Å². The van der Waals surface area contributed by atoms with Crippen LogP contribution in [0, 0.1) is 11.6 Å². The minimum absolute atomic E-state index is 0.0289. The second kappa shape index (κ2) is 9.49. The molecular weight excluding hydrogens is 452 g/mol. The Bertz CT molecular complexity index is 1230. The Hall–Kier alpha value is -3.60. The third-order valence-electron chi connectivity index (χ3n) is 5.23. The number of nitrogens with zero attached hydrogens (tertiary/aromatic N) is 4. The number of hydrogen-bond acceptors (Lipinski definition) is 6. The minimum Gasteiger partial charge on any atom is -0.339 e. The van der Waals surface area contributed by atoms with Gasteiger partial charge in [-0.3, -0.25) is 9.52 Å². The summed E-state index contributed by atoms with van der Waals surface area (Å²) in [6, 6.07) is 10.4. The number of benzene rings is 2. The van der Waals surface area contributed by atoms with Gasteiger partial charge in [0.25, 0.3) is 10.0 Å². The molecule has 1 amide bonds.